The first-order chi connectivity index (χ1) is 12.2. The Morgan fingerprint density at radius 3 is 2.46 bits per heavy atom. The number of nitrogens with zero attached hydrogens (tertiary/aromatic N) is 4. The molecule has 0 aliphatic carbocycles. The Kier molecular flexibility index (Phi) is 5.41. The fraction of sp³-hybridized carbons (Fsp3) is 0.765. The fourth-order valence-electron chi connectivity index (χ4n) is 3.05. The highest BCUT2D eigenvalue weighted by Crippen LogP contribution is 2.32. The van der Waals surface area contributed by atoms with Crippen molar-refractivity contribution in [3.05, 3.63) is 11.8 Å². The van der Waals surface area contributed by atoms with E-state index in [1.807, 2.05) is 19.9 Å². The van der Waals surface area contributed by atoms with Gasteiger partial charge in [0.25, 0.3) is 0 Å². The molecule has 0 bridgehead atoms. The molecule has 0 unspecified atom stereocenters. The molecule has 0 saturated carbocycles. The van der Waals surface area contributed by atoms with Gasteiger partial charge in [-0.1, -0.05) is 0 Å². The van der Waals surface area contributed by atoms with Crippen molar-refractivity contribution < 1.29 is 13.7 Å². The first kappa shape index (κ1) is 19.3. The van der Waals surface area contributed by atoms with Gasteiger partial charge in [-0.25, -0.2) is 9.19 Å². The smallest absolute Gasteiger partial charge is 0.227 e. The zero-order valence-corrected chi connectivity index (χ0v) is 16.8. The second kappa shape index (κ2) is 7.28. The molecule has 2 saturated heterocycles. The molecule has 8 nitrogen and oxygen atoms in total. The lowest BCUT2D eigenvalue weighted by atomic mass is 10.1. The minimum Gasteiger partial charge on any atom is -0.378 e. The Labute approximate surface area is 155 Å². The van der Waals surface area contributed by atoms with Crippen molar-refractivity contribution in [2.24, 2.45) is 0 Å². The van der Waals surface area contributed by atoms with Crippen LogP contribution in [0.4, 0.5) is 11.8 Å². The van der Waals surface area contributed by atoms with E-state index in [1.165, 1.54) is 6.26 Å². The molecular formula is C17H29N5O3S. The van der Waals surface area contributed by atoms with Crippen molar-refractivity contribution >= 4 is 21.5 Å². The van der Waals surface area contributed by atoms with E-state index in [-0.39, 0.29) is 6.04 Å². The molecule has 2 aliphatic heterocycles. The van der Waals surface area contributed by atoms with E-state index < -0.39 is 14.5 Å². The second-order valence-corrected chi connectivity index (χ2v) is 10.2. The van der Waals surface area contributed by atoms with Crippen LogP contribution in [0.3, 0.4) is 0 Å². The maximum atomic E-state index is 12.6. The Morgan fingerprint density at radius 2 is 1.85 bits per heavy atom. The molecule has 3 heterocycles. The summed E-state index contributed by atoms with van der Waals surface area (Å²) in [6, 6.07) is 2.10. The lowest BCUT2D eigenvalue weighted by Crippen LogP contribution is -2.45. The van der Waals surface area contributed by atoms with Crippen LogP contribution in [-0.2, 0) is 23.9 Å². The normalized spacial score (nSPS) is 24.4. The molecule has 2 fully saturated rings. The van der Waals surface area contributed by atoms with Crippen LogP contribution in [0.2, 0.25) is 0 Å². The van der Waals surface area contributed by atoms with Crippen molar-refractivity contribution in [3.8, 4) is 0 Å². The molecule has 26 heavy (non-hydrogen) atoms. The zero-order valence-electron chi connectivity index (χ0n) is 16.0. The summed E-state index contributed by atoms with van der Waals surface area (Å²) in [5.41, 5.74) is 0.644. The number of hydrogen-bond donors (Lipinski definition) is 1. The molecule has 1 N–H and O–H groups in total. The van der Waals surface area contributed by atoms with E-state index in [4.69, 9.17) is 24.2 Å². The molecule has 9 heteroatoms. The Morgan fingerprint density at radius 1 is 1.19 bits per heavy atom. The van der Waals surface area contributed by atoms with Crippen LogP contribution in [0.25, 0.3) is 0 Å². The van der Waals surface area contributed by atoms with Crippen molar-refractivity contribution in [2.75, 3.05) is 62.1 Å². The van der Waals surface area contributed by atoms with Crippen LogP contribution >= 0.6 is 0 Å². The molecule has 146 valence electrons. The number of rotatable bonds is 4. The van der Waals surface area contributed by atoms with Gasteiger partial charge in [-0.3, -0.25) is 4.78 Å². The summed E-state index contributed by atoms with van der Waals surface area (Å²) in [5, 5.41) is 0. The monoisotopic (exact) mass is 383 g/mol. The van der Waals surface area contributed by atoms with Crippen molar-refractivity contribution in [3.63, 3.8) is 0 Å². The summed E-state index contributed by atoms with van der Waals surface area (Å²) >= 11 is 0. The van der Waals surface area contributed by atoms with Crippen LogP contribution < -0.4 is 9.80 Å². The van der Waals surface area contributed by atoms with Gasteiger partial charge < -0.3 is 19.3 Å². The standard InChI is InChI=1S/C17H29N5O3S/c1-13-12-25-10-7-22(13)15-11-14(17(2,3)26(4,18)23)19-16(20-15)21-5-8-24-9-6-21/h11,13,18H,5-10,12H2,1-4H3/t13-,26-/m1/s1. The van der Waals surface area contributed by atoms with Gasteiger partial charge >= 0.3 is 0 Å². The molecule has 1 aromatic rings. The second-order valence-electron chi connectivity index (χ2n) is 7.48. The lowest BCUT2D eigenvalue weighted by Gasteiger charge is -2.36. The minimum atomic E-state index is -2.84. The summed E-state index contributed by atoms with van der Waals surface area (Å²) in [5.74, 6) is 1.43. The third-order valence-electron chi connectivity index (χ3n) is 5.25. The number of ether oxygens (including phenoxy) is 2. The molecule has 0 radical (unpaired) electrons. The van der Waals surface area contributed by atoms with Gasteiger partial charge in [0.2, 0.25) is 5.95 Å². The summed E-state index contributed by atoms with van der Waals surface area (Å²) in [4.78, 5) is 13.8. The summed E-state index contributed by atoms with van der Waals surface area (Å²) in [7, 11) is -2.84. The van der Waals surface area contributed by atoms with Gasteiger partial charge in [0.1, 0.15) is 5.82 Å². The predicted octanol–water partition coefficient (Wildman–Crippen LogP) is 1.45. The topological polar surface area (TPSA) is 91.6 Å². The SMILES string of the molecule is C[C@@H]1COCCN1c1cc(C(C)(C)[S@](C)(=N)=O)nc(N2CCOCC2)n1. The highest BCUT2D eigenvalue weighted by atomic mass is 32.2. The molecule has 0 amide bonds. The largest absolute Gasteiger partial charge is 0.378 e. The van der Waals surface area contributed by atoms with Crippen LogP contribution in [-0.4, -0.2) is 72.5 Å². The van der Waals surface area contributed by atoms with Crippen molar-refractivity contribution in [1.29, 1.82) is 4.78 Å². The maximum absolute atomic E-state index is 12.6. The Bertz CT molecular complexity index is 747. The van der Waals surface area contributed by atoms with E-state index in [0.29, 0.717) is 38.1 Å². The number of hydrogen-bond acceptors (Lipinski definition) is 8. The minimum absolute atomic E-state index is 0.203. The summed E-state index contributed by atoms with van der Waals surface area (Å²) in [6.45, 7) is 10.5. The fourth-order valence-corrected chi connectivity index (χ4v) is 3.55. The average molecular weight is 384 g/mol. The van der Waals surface area contributed by atoms with Gasteiger partial charge in [-0.05, 0) is 20.8 Å². The summed E-state index contributed by atoms with van der Waals surface area (Å²) < 4.78 is 30.8. The Hall–Kier alpha value is -1.45. The van der Waals surface area contributed by atoms with Gasteiger partial charge in [0.05, 0.1) is 52.6 Å². The van der Waals surface area contributed by atoms with Gasteiger partial charge in [0, 0.05) is 32.0 Å². The van der Waals surface area contributed by atoms with E-state index in [9.17, 15) is 4.21 Å². The van der Waals surface area contributed by atoms with Crippen LogP contribution in [0.1, 0.15) is 26.5 Å². The highest BCUT2D eigenvalue weighted by Gasteiger charge is 2.34. The van der Waals surface area contributed by atoms with Crippen molar-refractivity contribution in [1.82, 2.24) is 9.97 Å². The maximum Gasteiger partial charge on any atom is 0.227 e. The number of anilines is 2. The first-order valence-corrected chi connectivity index (χ1v) is 11.0. The first-order valence-electron chi connectivity index (χ1n) is 9.00. The van der Waals surface area contributed by atoms with E-state index in [0.717, 1.165) is 25.5 Å². The third-order valence-corrected chi connectivity index (χ3v) is 7.40. The van der Waals surface area contributed by atoms with E-state index >= 15 is 0 Å². The van der Waals surface area contributed by atoms with Crippen LogP contribution in [0.15, 0.2) is 6.07 Å². The number of nitrogens with one attached hydrogen (secondary N) is 1. The lowest BCUT2D eigenvalue weighted by molar-refractivity contribution is 0.0985. The van der Waals surface area contributed by atoms with Gasteiger partial charge in [0.15, 0.2) is 0 Å². The zero-order chi connectivity index (χ0) is 18.9. The quantitative estimate of drug-likeness (QED) is 0.841. The molecular weight excluding hydrogens is 354 g/mol. The predicted molar refractivity (Wildman–Crippen MR) is 103 cm³/mol. The van der Waals surface area contributed by atoms with Crippen LogP contribution in [0, 0.1) is 4.78 Å². The van der Waals surface area contributed by atoms with E-state index in [2.05, 4.69) is 16.7 Å². The molecule has 1 aromatic heterocycles. The van der Waals surface area contributed by atoms with Gasteiger partial charge in [-0.15, -0.1) is 0 Å². The van der Waals surface area contributed by atoms with Gasteiger partial charge in [-0.2, -0.15) is 4.98 Å². The summed E-state index contributed by atoms with van der Waals surface area (Å²) in [6.07, 6.45) is 1.47. The average Bonchev–Trinajstić information content (AvgIpc) is 2.61. The third kappa shape index (κ3) is 3.79. The molecule has 2 atom stereocenters. The number of morpholine rings is 2. The van der Waals surface area contributed by atoms with E-state index in [1.54, 1.807) is 0 Å². The molecule has 0 spiro atoms. The van der Waals surface area contributed by atoms with Crippen LogP contribution in [0.5, 0.6) is 0 Å². The molecule has 3 rings (SSSR count). The molecule has 0 aromatic carbocycles. The van der Waals surface area contributed by atoms with Crippen molar-refractivity contribution in [2.45, 2.75) is 31.6 Å². The molecule has 2 aliphatic rings. The highest BCUT2D eigenvalue weighted by molar-refractivity contribution is 7.92. The Balaban J connectivity index is 2.07. The number of aromatic nitrogens is 2.